The second-order valence-corrected chi connectivity index (χ2v) is 5.43. The topological polar surface area (TPSA) is 84.2 Å². The summed E-state index contributed by atoms with van der Waals surface area (Å²) in [6, 6.07) is 0. The smallest absolute Gasteiger partial charge is 0.208 e. The number of rotatable bonds is 6. The number of nitrogens with zero attached hydrogens (tertiary/aromatic N) is 1. The molecule has 92 valence electrons. The number of hydrogen-bond acceptors (Lipinski definition) is 5. The first-order valence-corrected chi connectivity index (χ1v) is 6.86. The number of nitrogens with one attached hydrogen (secondary N) is 2. The minimum atomic E-state index is -3.10. The van der Waals surface area contributed by atoms with E-state index in [1.165, 1.54) is 0 Å². The van der Waals surface area contributed by atoms with Crippen molar-refractivity contribution in [2.24, 2.45) is 0 Å². The molecule has 16 heavy (non-hydrogen) atoms. The van der Waals surface area contributed by atoms with Gasteiger partial charge in [0.25, 0.3) is 0 Å². The molecule has 0 fully saturated rings. The summed E-state index contributed by atoms with van der Waals surface area (Å²) in [6.45, 7) is 5.13. The van der Waals surface area contributed by atoms with Gasteiger partial charge in [-0.1, -0.05) is 0 Å². The Balaban J connectivity index is 2.21. The molecule has 1 heterocycles. The molecule has 0 atom stereocenters. The molecule has 1 rings (SSSR count). The van der Waals surface area contributed by atoms with Gasteiger partial charge in [-0.3, -0.25) is 0 Å². The molecule has 0 saturated heterocycles. The standard InChI is InChI=1S/C9H17N3O3S/c1-7-8(2)15-9(12-7)6-10-4-5-11-16(3,13)14/h10-11H,4-6H2,1-3H3. The Morgan fingerprint density at radius 2 is 2.00 bits per heavy atom. The number of sulfonamides is 1. The number of aryl methyl sites for hydroxylation is 2. The van der Waals surface area contributed by atoms with Gasteiger partial charge in [-0.25, -0.2) is 18.1 Å². The SMILES string of the molecule is Cc1nc(CNCCNS(C)(=O)=O)oc1C. The lowest BCUT2D eigenvalue weighted by atomic mass is 10.4. The van der Waals surface area contributed by atoms with E-state index in [-0.39, 0.29) is 0 Å². The number of hydrogen-bond donors (Lipinski definition) is 2. The highest BCUT2D eigenvalue weighted by atomic mass is 32.2. The summed E-state index contributed by atoms with van der Waals surface area (Å²) in [5, 5.41) is 3.03. The summed E-state index contributed by atoms with van der Waals surface area (Å²) >= 11 is 0. The lowest BCUT2D eigenvalue weighted by Crippen LogP contribution is -2.30. The van der Waals surface area contributed by atoms with E-state index in [4.69, 9.17) is 4.42 Å². The molecule has 0 aliphatic heterocycles. The van der Waals surface area contributed by atoms with Crippen LogP contribution in [0.2, 0.25) is 0 Å². The molecule has 0 amide bonds. The van der Waals surface area contributed by atoms with Crippen LogP contribution in [-0.4, -0.2) is 32.7 Å². The summed E-state index contributed by atoms with van der Waals surface area (Å²) in [7, 11) is -3.10. The Bertz CT molecular complexity index is 419. The normalized spacial score (nSPS) is 11.9. The average Bonchev–Trinajstić information content (AvgIpc) is 2.44. The van der Waals surface area contributed by atoms with E-state index < -0.39 is 10.0 Å². The quantitative estimate of drug-likeness (QED) is 0.687. The second kappa shape index (κ2) is 5.42. The maximum atomic E-state index is 10.7. The Labute approximate surface area is 95.5 Å². The minimum Gasteiger partial charge on any atom is -0.444 e. The zero-order chi connectivity index (χ0) is 12.2. The predicted molar refractivity (Wildman–Crippen MR) is 60.5 cm³/mol. The zero-order valence-corrected chi connectivity index (χ0v) is 10.5. The van der Waals surface area contributed by atoms with Crippen LogP contribution in [0, 0.1) is 13.8 Å². The predicted octanol–water partition coefficient (Wildman–Crippen LogP) is -0.0698. The van der Waals surface area contributed by atoms with Gasteiger partial charge in [0.1, 0.15) is 5.76 Å². The summed E-state index contributed by atoms with van der Waals surface area (Å²) in [4.78, 5) is 4.19. The Morgan fingerprint density at radius 3 is 2.50 bits per heavy atom. The van der Waals surface area contributed by atoms with Crippen molar-refractivity contribution >= 4 is 10.0 Å². The molecule has 0 bridgehead atoms. The fourth-order valence-corrected chi connectivity index (χ4v) is 1.61. The van der Waals surface area contributed by atoms with Crippen molar-refractivity contribution in [3.05, 3.63) is 17.3 Å². The lowest BCUT2D eigenvalue weighted by molar-refractivity contribution is 0.449. The van der Waals surface area contributed by atoms with Crippen molar-refractivity contribution in [1.29, 1.82) is 0 Å². The van der Waals surface area contributed by atoms with Crippen molar-refractivity contribution in [2.75, 3.05) is 19.3 Å². The first kappa shape index (κ1) is 13.1. The van der Waals surface area contributed by atoms with E-state index in [1.54, 1.807) is 0 Å². The Kier molecular flexibility index (Phi) is 4.45. The largest absolute Gasteiger partial charge is 0.444 e. The van der Waals surface area contributed by atoms with Crippen LogP contribution >= 0.6 is 0 Å². The Hall–Kier alpha value is -0.920. The molecule has 7 heteroatoms. The maximum Gasteiger partial charge on any atom is 0.208 e. The van der Waals surface area contributed by atoms with Gasteiger partial charge >= 0.3 is 0 Å². The van der Waals surface area contributed by atoms with Gasteiger partial charge in [-0.05, 0) is 13.8 Å². The number of oxazole rings is 1. The summed E-state index contributed by atoms with van der Waals surface area (Å²) in [6.07, 6.45) is 1.13. The van der Waals surface area contributed by atoms with Crippen LogP contribution in [0.15, 0.2) is 4.42 Å². The van der Waals surface area contributed by atoms with Gasteiger partial charge in [0.15, 0.2) is 0 Å². The minimum absolute atomic E-state index is 0.359. The van der Waals surface area contributed by atoms with E-state index in [9.17, 15) is 8.42 Å². The van der Waals surface area contributed by atoms with Gasteiger partial charge in [0.05, 0.1) is 18.5 Å². The van der Waals surface area contributed by atoms with Crippen LogP contribution < -0.4 is 10.0 Å². The molecule has 2 N–H and O–H groups in total. The third-order valence-corrected chi connectivity index (χ3v) is 2.74. The van der Waals surface area contributed by atoms with Gasteiger partial charge in [-0.15, -0.1) is 0 Å². The first-order valence-electron chi connectivity index (χ1n) is 4.97. The summed E-state index contributed by atoms with van der Waals surface area (Å²) in [5.41, 5.74) is 0.881. The maximum absolute atomic E-state index is 10.7. The van der Waals surface area contributed by atoms with Crippen LogP contribution in [0.4, 0.5) is 0 Å². The molecule has 6 nitrogen and oxygen atoms in total. The average molecular weight is 247 g/mol. The molecule has 0 spiro atoms. The molecule has 1 aromatic rings. The van der Waals surface area contributed by atoms with E-state index in [0.29, 0.717) is 25.5 Å². The molecular weight excluding hydrogens is 230 g/mol. The zero-order valence-electron chi connectivity index (χ0n) is 9.70. The van der Waals surface area contributed by atoms with Crippen LogP contribution in [0.3, 0.4) is 0 Å². The van der Waals surface area contributed by atoms with Crippen LogP contribution in [0.1, 0.15) is 17.3 Å². The summed E-state index contributed by atoms with van der Waals surface area (Å²) in [5.74, 6) is 1.43. The van der Waals surface area contributed by atoms with Crippen LogP contribution in [-0.2, 0) is 16.6 Å². The van der Waals surface area contributed by atoms with Crippen molar-refractivity contribution in [2.45, 2.75) is 20.4 Å². The van der Waals surface area contributed by atoms with E-state index in [2.05, 4.69) is 15.0 Å². The number of aromatic nitrogens is 1. The highest BCUT2D eigenvalue weighted by Crippen LogP contribution is 2.07. The van der Waals surface area contributed by atoms with Gasteiger partial charge < -0.3 is 9.73 Å². The molecule has 0 aliphatic rings. The van der Waals surface area contributed by atoms with Crippen LogP contribution in [0.25, 0.3) is 0 Å². The van der Waals surface area contributed by atoms with E-state index in [0.717, 1.165) is 17.7 Å². The summed E-state index contributed by atoms with van der Waals surface area (Å²) < 4.78 is 29.2. The highest BCUT2D eigenvalue weighted by molar-refractivity contribution is 7.88. The molecular formula is C9H17N3O3S. The monoisotopic (exact) mass is 247 g/mol. The second-order valence-electron chi connectivity index (χ2n) is 3.59. The molecule has 0 aliphatic carbocycles. The highest BCUT2D eigenvalue weighted by Gasteiger charge is 2.04. The van der Waals surface area contributed by atoms with Crippen molar-refractivity contribution in [3.63, 3.8) is 0 Å². The van der Waals surface area contributed by atoms with Crippen LogP contribution in [0.5, 0.6) is 0 Å². The van der Waals surface area contributed by atoms with Gasteiger partial charge in [-0.2, -0.15) is 0 Å². The molecule has 0 saturated carbocycles. The Morgan fingerprint density at radius 1 is 1.31 bits per heavy atom. The molecule has 1 aromatic heterocycles. The molecule has 0 radical (unpaired) electrons. The van der Waals surface area contributed by atoms with Crippen molar-refractivity contribution in [1.82, 2.24) is 15.0 Å². The van der Waals surface area contributed by atoms with Gasteiger partial charge in [0, 0.05) is 13.1 Å². The van der Waals surface area contributed by atoms with E-state index >= 15 is 0 Å². The van der Waals surface area contributed by atoms with E-state index in [1.807, 2.05) is 13.8 Å². The van der Waals surface area contributed by atoms with Crippen molar-refractivity contribution in [3.8, 4) is 0 Å². The fraction of sp³-hybridized carbons (Fsp3) is 0.667. The van der Waals surface area contributed by atoms with Gasteiger partial charge in [0.2, 0.25) is 15.9 Å². The molecule has 0 aromatic carbocycles. The lowest BCUT2D eigenvalue weighted by Gasteiger charge is -2.02. The first-order chi connectivity index (χ1) is 7.38. The fourth-order valence-electron chi connectivity index (χ4n) is 1.13. The third-order valence-electron chi connectivity index (χ3n) is 2.02. The molecule has 0 unspecified atom stereocenters. The third kappa shape index (κ3) is 4.73. The van der Waals surface area contributed by atoms with Crippen molar-refractivity contribution < 1.29 is 12.8 Å².